The average Bonchev–Trinajstić information content (AvgIpc) is 3.37. The van der Waals surface area contributed by atoms with E-state index in [2.05, 4.69) is 25.7 Å². The SMILES string of the molecule is Cc1nc(Nc2ccc(NC(=O)c3ccsc3)cc2)cc(-n2cccn2)n1. The lowest BCUT2D eigenvalue weighted by Crippen LogP contribution is -2.10. The smallest absolute Gasteiger partial charge is 0.256 e. The van der Waals surface area contributed by atoms with Crippen LogP contribution in [-0.4, -0.2) is 25.7 Å². The van der Waals surface area contributed by atoms with Crippen molar-refractivity contribution in [3.8, 4) is 5.82 Å². The van der Waals surface area contributed by atoms with Crippen LogP contribution < -0.4 is 10.6 Å². The summed E-state index contributed by atoms with van der Waals surface area (Å²) in [6.07, 6.45) is 3.53. The Morgan fingerprint density at radius 2 is 1.93 bits per heavy atom. The third-order valence-corrected chi connectivity index (χ3v) is 4.45. The first-order chi connectivity index (χ1) is 13.2. The zero-order valence-electron chi connectivity index (χ0n) is 14.5. The number of nitrogens with one attached hydrogen (secondary N) is 2. The summed E-state index contributed by atoms with van der Waals surface area (Å²) in [5, 5.41) is 14.0. The molecule has 0 unspecified atom stereocenters. The fraction of sp³-hybridized carbons (Fsp3) is 0.0526. The Bertz CT molecular complexity index is 1040. The van der Waals surface area contributed by atoms with Crippen molar-refractivity contribution in [3.63, 3.8) is 0 Å². The van der Waals surface area contributed by atoms with E-state index in [1.165, 1.54) is 11.3 Å². The summed E-state index contributed by atoms with van der Waals surface area (Å²) >= 11 is 1.49. The van der Waals surface area contributed by atoms with E-state index in [-0.39, 0.29) is 5.91 Å². The lowest BCUT2D eigenvalue weighted by Gasteiger charge is -2.10. The van der Waals surface area contributed by atoms with Gasteiger partial charge in [-0.3, -0.25) is 4.79 Å². The molecule has 134 valence electrons. The van der Waals surface area contributed by atoms with Crippen molar-refractivity contribution in [2.75, 3.05) is 10.6 Å². The Hall–Kier alpha value is -3.52. The van der Waals surface area contributed by atoms with Gasteiger partial charge in [-0.15, -0.1) is 0 Å². The van der Waals surface area contributed by atoms with Gasteiger partial charge in [-0.1, -0.05) is 0 Å². The van der Waals surface area contributed by atoms with Gasteiger partial charge in [-0.2, -0.15) is 16.4 Å². The standard InChI is InChI=1S/C19H16N6OS/c1-13-21-17(11-18(22-13)25-9-2-8-20-25)23-15-3-5-16(6-4-15)24-19(26)14-7-10-27-12-14/h2-12H,1H3,(H,24,26)(H,21,22,23). The first-order valence-electron chi connectivity index (χ1n) is 8.24. The van der Waals surface area contributed by atoms with Gasteiger partial charge in [-0.05, 0) is 48.7 Å². The molecular formula is C19H16N6OS. The molecule has 0 saturated heterocycles. The highest BCUT2D eigenvalue weighted by atomic mass is 32.1. The zero-order chi connectivity index (χ0) is 18.6. The molecule has 0 saturated carbocycles. The van der Waals surface area contributed by atoms with Crippen LogP contribution in [0.2, 0.25) is 0 Å². The summed E-state index contributed by atoms with van der Waals surface area (Å²) in [5.41, 5.74) is 2.24. The number of anilines is 3. The first-order valence-corrected chi connectivity index (χ1v) is 9.18. The number of hydrogen-bond donors (Lipinski definition) is 2. The Morgan fingerprint density at radius 3 is 2.63 bits per heavy atom. The minimum atomic E-state index is -0.118. The molecule has 0 bridgehead atoms. The van der Waals surface area contributed by atoms with Gasteiger partial charge in [0.2, 0.25) is 0 Å². The number of aromatic nitrogens is 4. The number of amides is 1. The molecule has 0 aliphatic rings. The molecule has 4 rings (SSSR count). The Labute approximate surface area is 159 Å². The van der Waals surface area contributed by atoms with Crippen LogP contribution in [0, 0.1) is 6.92 Å². The predicted molar refractivity (Wildman–Crippen MR) is 106 cm³/mol. The predicted octanol–water partition coefficient (Wildman–Crippen LogP) is 4.03. The third kappa shape index (κ3) is 4.01. The van der Waals surface area contributed by atoms with E-state index >= 15 is 0 Å². The van der Waals surface area contributed by atoms with Gasteiger partial charge in [0.15, 0.2) is 5.82 Å². The molecule has 7 nitrogen and oxygen atoms in total. The number of thiophene rings is 1. The van der Waals surface area contributed by atoms with Gasteiger partial charge in [0.05, 0.1) is 5.56 Å². The molecule has 0 atom stereocenters. The maximum absolute atomic E-state index is 12.1. The average molecular weight is 376 g/mol. The maximum Gasteiger partial charge on any atom is 0.256 e. The second-order valence-electron chi connectivity index (χ2n) is 5.78. The molecule has 0 fully saturated rings. The van der Waals surface area contributed by atoms with Crippen LogP contribution in [0.25, 0.3) is 5.82 Å². The molecule has 0 aliphatic carbocycles. The number of carbonyl (C=O) groups excluding carboxylic acids is 1. The molecule has 27 heavy (non-hydrogen) atoms. The van der Waals surface area contributed by atoms with Crippen LogP contribution in [-0.2, 0) is 0 Å². The fourth-order valence-corrected chi connectivity index (χ4v) is 3.16. The van der Waals surface area contributed by atoms with Gasteiger partial charge in [0.1, 0.15) is 11.6 Å². The van der Waals surface area contributed by atoms with E-state index in [0.29, 0.717) is 23.0 Å². The zero-order valence-corrected chi connectivity index (χ0v) is 15.3. The highest BCUT2D eigenvalue weighted by Crippen LogP contribution is 2.20. The van der Waals surface area contributed by atoms with E-state index < -0.39 is 0 Å². The van der Waals surface area contributed by atoms with Crippen molar-refractivity contribution in [1.29, 1.82) is 0 Å². The molecule has 3 aromatic heterocycles. The van der Waals surface area contributed by atoms with Crippen LogP contribution in [0.1, 0.15) is 16.2 Å². The number of benzene rings is 1. The molecular weight excluding hydrogens is 360 g/mol. The van der Waals surface area contributed by atoms with Crippen LogP contribution >= 0.6 is 11.3 Å². The number of rotatable bonds is 5. The van der Waals surface area contributed by atoms with Gasteiger partial charge >= 0.3 is 0 Å². The quantitative estimate of drug-likeness (QED) is 0.549. The largest absolute Gasteiger partial charge is 0.340 e. The van der Waals surface area contributed by atoms with Gasteiger partial charge in [0, 0.05) is 35.2 Å². The Balaban J connectivity index is 1.48. The third-order valence-electron chi connectivity index (χ3n) is 3.76. The van der Waals surface area contributed by atoms with Crippen LogP contribution in [0.3, 0.4) is 0 Å². The lowest BCUT2D eigenvalue weighted by atomic mass is 10.2. The van der Waals surface area contributed by atoms with Crippen molar-refractivity contribution in [2.24, 2.45) is 0 Å². The van der Waals surface area contributed by atoms with Crippen LogP contribution in [0.15, 0.2) is 65.6 Å². The van der Waals surface area contributed by atoms with Gasteiger partial charge in [-0.25, -0.2) is 14.6 Å². The second-order valence-corrected chi connectivity index (χ2v) is 6.56. The van der Waals surface area contributed by atoms with E-state index in [1.54, 1.807) is 16.9 Å². The number of carbonyl (C=O) groups is 1. The highest BCUT2D eigenvalue weighted by molar-refractivity contribution is 7.08. The van der Waals surface area contributed by atoms with E-state index in [0.717, 1.165) is 11.4 Å². The van der Waals surface area contributed by atoms with E-state index in [9.17, 15) is 4.79 Å². The molecule has 1 aromatic carbocycles. The summed E-state index contributed by atoms with van der Waals surface area (Å²) < 4.78 is 1.68. The molecule has 1 amide bonds. The minimum absolute atomic E-state index is 0.118. The first kappa shape index (κ1) is 16.9. The molecule has 4 aromatic rings. The number of nitrogens with zero attached hydrogens (tertiary/aromatic N) is 4. The molecule has 0 aliphatic heterocycles. The van der Waals surface area contributed by atoms with Crippen molar-refractivity contribution in [3.05, 3.63) is 77.0 Å². The minimum Gasteiger partial charge on any atom is -0.340 e. The normalized spacial score (nSPS) is 10.6. The summed E-state index contributed by atoms with van der Waals surface area (Å²) in [6, 6.07) is 12.9. The van der Waals surface area contributed by atoms with Crippen molar-refractivity contribution in [1.82, 2.24) is 19.7 Å². The molecule has 2 N–H and O–H groups in total. The van der Waals surface area contributed by atoms with Crippen LogP contribution in [0.4, 0.5) is 17.2 Å². The van der Waals surface area contributed by atoms with Gasteiger partial charge < -0.3 is 10.6 Å². The Kier molecular flexibility index (Phi) is 4.63. The number of hydrogen-bond acceptors (Lipinski definition) is 6. The Morgan fingerprint density at radius 1 is 1.11 bits per heavy atom. The van der Waals surface area contributed by atoms with E-state index in [4.69, 9.17) is 0 Å². The van der Waals surface area contributed by atoms with Crippen molar-refractivity contribution < 1.29 is 4.79 Å². The molecule has 8 heteroatoms. The van der Waals surface area contributed by atoms with Crippen molar-refractivity contribution >= 4 is 34.4 Å². The van der Waals surface area contributed by atoms with E-state index in [1.807, 2.05) is 60.3 Å². The lowest BCUT2D eigenvalue weighted by molar-refractivity contribution is 0.102. The maximum atomic E-state index is 12.1. The van der Waals surface area contributed by atoms with Crippen molar-refractivity contribution in [2.45, 2.75) is 6.92 Å². The fourth-order valence-electron chi connectivity index (χ4n) is 2.52. The molecule has 0 radical (unpaired) electrons. The van der Waals surface area contributed by atoms with Gasteiger partial charge in [0.25, 0.3) is 5.91 Å². The highest BCUT2D eigenvalue weighted by Gasteiger charge is 2.07. The van der Waals surface area contributed by atoms with Crippen LogP contribution in [0.5, 0.6) is 0 Å². The topological polar surface area (TPSA) is 84.7 Å². The monoisotopic (exact) mass is 376 g/mol. The summed E-state index contributed by atoms with van der Waals surface area (Å²) in [6.45, 7) is 1.83. The summed E-state index contributed by atoms with van der Waals surface area (Å²) in [7, 11) is 0. The summed E-state index contributed by atoms with van der Waals surface area (Å²) in [5.74, 6) is 1.88. The second kappa shape index (κ2) is 7.38. The molecule has 0 spiro atoms. The molecule has 3 heterocycles. The number of aryl methyl sites for hydroxylation is 1. The summed E-state index contributed by atoms with van der Waals surface area (Å²) in [4.78, 5) is 20.9.